The molecular weight excluding hydrogens is 288 g/mol. The number of piperidine rings is 2. The second kappa shape index (κ2) is 6.65. The zero-order valence-electron chi connectivity index (χ0n) is 13.4. The SMILES string of the molecule is CC(C)CCC(=O)N1CCC[C@@H]2CN(S(C)(=O)=O)CC[C@@H]21. The smallest absolute Gasteiger partial charge is 0.222 e. The van der Waals surface area contributed by atoms with Gasteiger partial charge < -0.3 is 4.90 Å². The van der Waals surface area contributed by atoms with Crippen molar-refractivity contribution < 1.29 is 13.2 Å². The highest BCUT2D eigenvalue weighted by Gasteiger charge is 2.39. The summed E-state index contributed by atoms with van der Waals surface area (Å²) >= 11 is 0. The molecule has 6 heteroatoms. The number of carbonyl (C=O) groups is 1. The van der Waals surface area contributed by atoms with Gasteiger partial charge in [0.15, 0.2) is 0 Å². The molecule has 2 fully saturated rings. The Labute approximate surface area is 128 Å². The third-order valence-corrected chi connectivity index (χ3v) is 6.03. The number of sulfonamides is 1. The van der Waals surface area contributed by atoms with Gasteiger partial charge in [-0.05, 0) is 37.5 Å². The van der Waals surface area contributed by atoms with Crippen molar-refractivity contribution in [2.75, 3.05) is 25.9 Å². The van der Waals surface area contributed by atoms with Crippen LogP contribution < -0.4 is 0 Å². The lowest BCUT2D eigenvalue weighted by Crippen LogP contribution is -2.56. The van der Waals surface area contributed by atoms with Crippen LogP contribution in [0.3, 0.4) is 0 Å². The predicted molar refractivity (Wildman–Crippen MR) is 83.3 cm³/mol. The van der Waals surface area contributed by atoms with Crippen LogP contribution in [0.2, 0.25) is 0 Å². The summed E-state index contributed by atoms with van der Waals surface area (Å²) in [5.41, 5.74) is 0. The van der Waals surface area contributed by atoms with Crippen LogP contribution in [0.25, 0.3) is 0 Å². The quantitative estimate of drug-likeness (QED) is 0.793. The van der Waals surface area contributed by atoms with E-state index in [9.17, 15) is 13.2 Å². The van der Waals surface area contributed by atoms with Gasteiger partial charge in [0.25, 0.3) is 0 Å². The molecule has 2 aliphatic heterocycles. The molecule has 2 atom stereocenters. The van der Waals surface area contributed by atoms with E-state index < -0.39 is 10.0 Å². The molecular formula is C15H28N2O3S. The summed E-state index contributed by atoms with van der Waals surface area (Å²) in [6.45, 7) is 6.25. The fourth-order valence-electron chi connectivity index (χ4n) is 3.54. The number of fused-ring (bicyclic) bond motifs is 1. The first-order valence-corrected chi connectivity index (χ1v) is 9.88. The molecule has 0 N–H and O–H groups in total. The molecule has 2 saturated heterocycles. The van der Waals surface area contributed by atoms with E-state index >= 15 is 0 Å². The van der Waals surface area contributed by atoms with E-state index in [-0.39, 0.29) is 11.9 Å². The van der Waals surface area contributed by atoms with E-state index in [1.54, 1.807) is 4.31 Å². The van der Waals surface area contributed by atoms with Gasteiger partial charge in [0, 0.05) is 32.1 Å². The molecule has 2 aliphatic rings. The summed E-state index contributed by atoms with van der Waals surface area (Å²) in [5.74, 6) is 1.11. The molecule has 0 aromatic rings. The highest BCUT2D eigenvalue weighted by Crippen LogP contribution is 2.32. The molecule has 0 spiro atoms. The molecule has 1 amide bonds. The van der Waals surface area contributed by atoms with Crippen LogP contribution in [0.4, 0.5) is 0 Å². The second-order valence-electron chi connectivity index (χ2n) is 6.90. The third-order valence-electron chi connectivity index (χ3n) is 4.76. The van der Waals surface area contributed by atoms with E-state index in [1.807, 2.05) is 4.90 Å². The Kier molecular flexibility index (Phi) is 5.30. The molecule has 122 valence electrons. The normalized spacial score (nSPS) is 27.7. The van der Waals surface area contributed by atoms with Crippen LogP contribution in [-0.4, -0.2) is 55.5 Å². The maximum absolute atomic E-state index is 12.4. The standard InChI is InChI=1S/C15H28N2O3S/c1-12(2)6-7-15(18)17-9-4-5-13-11-16(21(3,19)20)10-8-14(13)17/h12-14H,4-11H2,1-3H3/t13-,14+/m1/s1. The van der Waals surface area contributed by atoms with Crippen LogP contribution in [-0.2, 0) is 14.8 Å². The fraction of sp³-hybridized carbons (Fsp3) is 0.933. The van der Waals surface area contributed by atoms with Gasteiger partial charge in [0.1, 0.15) is 0 Å². The molecule has 0 aromatic carbocycles. The highest BCUT2D eigenvalue weighted by molar-refractivity contribution is 7.88. The number of hydrogen-bond acceptors (Lipinski definition) is 3. The first-order chi connectivity index (χ1) is 9.79. The Morgan fingerprint density at radius 3 is 2.57 bits per heavy atom. The summed E-state index contributed by atoms with van der Waals surface area (Å²) in [6, 6.07) is 0.247. The zero-order chi connectivity index (χ0) is 15.6. The van der Waals surface area contributed by atoms with E-state index in [4.69, 9.17) is 0 Å². The minimum atomic E-state index is -3.11. The van der Waals surface area contributed by atoms with Crippen molar-refractivity contribution >= 4 is 15.9 Å². The van der Waals surface area contributed by atoms with Crippen molar-refractivity contribution in [2.24, 2.45) is 11.8 Å². The van der Waals surface area contributed by atoms with Crippen molar-refractivity contribution in [3.05, 3.63) is 0 Å². The molecule has 2 heterocycles. The predicted octanol–water partition coefficient (Wildman–Crippen LogP) is 1.70. The topological polar surface area (TPSA) is 57.7 Å². The lowest BCUT2D eigenvalue weighted by Gasteiger charge is -2.46. The number of carbonyl (C=O) groups excluding carboxylic acids is 1. The van der Waals surface area contributed by atoms with Gasteiger partial charge in [-0.2, -0.15) is 0 Å². The average molecular weight is 316 g/mol. The molecule has 0 aliphatic carbocycles. The molecule has 0 saturated carbocycles. The van der Waals surface area contributed by atoms with Gasteiger partial charge >= 0.3 is 0 Å². The van der Waals surface area contributed by atoms with Crippen LogP contribution in [0, 0.1) is 11.8 Å². The molecule has 0 radical (unpaired) electrons. The Hall–Kier alpha value is -0.620. The van der Waals surface area contributed by atoms with Crippen LogP contribution in [0.15, 0.2) is 0 Å². The van der Waals surface area contributed by atoms with Gasteiger partial charge in [-0.3, -0.25) is 4.79 Å². The van der Waals surface area contributed by atoms with Crippen molar-refractivity contribution in [3.8, 4) is 0 Å². The van der Waals surface area contributed by atoms with Crippen LogP contribution in [0.1, 0.15) is 46.0 Å². The van der Waals surface area contributed by atoms with Gasteiger partial charge in [-0.15, -0.1) is 0 Å². The summed E-state index contributed by atoms with van der Waals surface area (Å²) in [7, 11) is -3.11. The molecule has 0 bridgehead atoms. The largest absolute Gasteiger partial charge is 0.339 e. The maximum atomic E-state index is 12.4. The van der Waals surface area contributed by atoms with E-state index in [0.717, 1.165) is 32.2 Å². The highest BCUT2D eigenvalue weighted by atomic mass is 32.2. The zero-order valence-corrected chi connectivity index (χ0v) is 14.2. The Bertz CT molecular complexity index is 475. The van der Waals surface area contributed by atoms with Gasteiger partial charge in [0.05, 0.1) is 6.26 Å². The van der Waals surface area contributed by atoms with Crippen LogP contribution >= 0.6 is 0 Å². The Morgan fingerprint density at radius 1 is 1.24 bits per heavy atom. The molecule has 2 rings (SSSR count). The first-order valence-electron chi connectivity index (χ1n) is 8.03. The van der Waals surface area contributed by atoms with Crippen molar-refractivity contribution in [2.45, 2.75) is 52.0 Å². The van der Waals surface area contributed by atoms with Gasteiger partial charge in [0.2, 0.25) is 15.9 Å². The summed E-state index contributed by atoms with van der Waals surface area (Å²) in [4.78, 5) is 14.5. The lowest BCUT2D eigenvalue weighted by atomic mass is 9.84. The number of amides is 1. The average Bonchev–Trinajstić information content (AvgIpc) is 2.42. The first kappa shape index (κ1) is 16.7. The summed E-state index contributed by atoms with van der Waals surface area (Å²) in [6.07, 6.45) is 5.64. The number of rotatable bonds is 4. The minimum Gasteiger partial charge on any atom is -0.339 e. The number of nitrogens with zero attached hydrogens (tertiary/aromatic N) is 2. The molecule has 5 nitrogen and oxygen atoms in total. The van der Waals surface area contributed by atoms with E-state index in [2.05, 4.69) is 13.8 Å². The fourth-order valence-corrected chi connectivity index (χ4v) is 4.44. The third kappa shape index (κ3) is 4.19. The minimum absolute atomic E-state index is 0.247. The molecule has 21 heavy (non-hydrogen) atoms. The summed E-state index contributed by atoms with van der Waals surface area (Å²) < 4.78 is 25.0. The van der Waals surface area contributed by atoms with E-state index in [1.165, 1.54) is 6.26 Å². The molecule has 0 unspecified atom stereocenters. The lowest BCUT2D eigenvalue weighted by molar-refractivity contribution is -0.138. The van der Waals surface area contributed by atoms with Crippen molar-refractivity contribution in [3.63, 3.8) is 0 Å². The monoisotopic (exact) mass is 316 g/mol. The molecule has 0 aromatic heterocycles. The van der Waals surface area contributed by atoms with Crippen molar-refractivity contribution in [1.29, 1.82) is 0 Å². The Morgan fingerprint density at radius 2 is 1.95 bits per heavy atom. The second-order valence-corrected chi connectivity index (χ2v) is 8.88. The van der Waals surface area contributed by atoms with Gasteiger partial charge in [-0.1, -0.05) is 13.8 Å². The summed E-state index contributed by atoms with van der Waals surface area (Å²) in [5, 5.41) is 0. The maximum Gasteiger partial charge on any atom is 0.222 e. The number of hydrogen-bond donors (Lipinski definition) is 0. The number of likely N-dealkylation sites (tertiary alicyclic amines) is 1. The van der Waals surface area contributed by atoms with Crippen LogP contribution in [0.5, 0.6) is 0 Å². The van der Waals surface area contributed by atoms with Gasteiger partial charge in [-0.25, -0.2) is 12.7 Å². The van der Waals surface area contributed by atoms with E-state index in [0.29, 0.717) is 31.3 Å². The Balaban J connectivity index is 1.99. The van der Waals surface area contributed by atoms with Crippen molar-refractivity contribution in [1.82, 2.24) is 9.21 Å².